The van der Waals surface area contributed by atoms with E-state index in [2.05, 4.69) is 71.4 Å². The molecule has 53 heavy (non-hydrogen) atoms. The van der Waals surface area contributed by atoms with E-state index in [1.165, 1.54) is 41.8 Å². The Labute approximate surface area is 312 Å². The molecule has 2 saturated heterocycles. The molecule has 2 aliphatic heterocycles. The molecule has 2 bridgehead atoms. The van der Waals surface area contributed by atoms with Crippen LogP contribution in [0.5, 0.6) is 0 Å². The van der Waals surface area contributed by atoms with Crippen molar-refractivity contribution in [2.24, 2.45) is 29.1 Å². The van der Waals surface area contributed by atoms with Crippen molar-refractivity contribution in [3.63, 3.8) is 0 Å². The fourth-order valence-corrected chi connectivity index (χ4v) is 9.95. The average molecular weight is 742 g/mol. The first-order valence-electron chi connectivity index (χ1n) is 19.0. The van der Waals surface area contributed by atoms with Gasteiger partial charge in [-0.15, -0.1) is 0 Å². The minimum absolute atomic E-state index is 0.177. The van der Waals surface area contributed by atoms with Gasteiger partial charge in [-0.3, -0.25) is 14.9 Å². The topological polar surface area (TPSA) is 143 Å². The maximum atomic E-state index is 13.1. The fraction of sp³-hybridized carbons (Fsp3) is 0.488. The summed E-state index contributed by atoms with van der Waals surface area (Å²) in [7, 11) is -4.37. The Kier molecular flexibility index (Phi) is 10.5. The Morgan fingerprint density at radius 3 is 2.43 bits per heavy atom. The summed E-state index contributed by atoms with van der Waals surface area (Å²) in [5, 5.41) is 18.8. The predicted molar refractivity (Wildman–Crippen MR) is 209 cm³/mol. The number of sulfonamides is 1. The van der Waals surface area contributed by atoms with Crippen LogP contribution in [-0.4, -0.2) is 58.1 Å². The second kappa shape index (κ2) is 15.1. The molecule has 0 radical (unpaired) electrons. The molecule has 3 saturated carbocycles. The molecule has 5 aliphatic rings. The van der Waals surface area contributed by atoms with E-state index in [9.17, 15) is 23.3 Å². The van der Waals surface area contributed by atoms with Crippen LogP contribution in [0.1, 0.15) is 75.2 Å². The molecule has 0 spiro atoms. The number of piperidine rings is 1. The minimum atomic E-state index is -4.37. The third-order valence-electron chi connectivity index (χ3n) is 12.5. The summed E-state index contributed by atoms with van der Waals surface area (Å²) in [5.41, 5.74) is 5.28. The van der Waals surface area contributed by atoms with Crippen LogP contribution >= 0.6 is 0 Å². The maximum Gasteiger partial charge on any atom is 0.293 e. The molecule has 3 aromatic rings. The van der Waals surface area contributed by atoms with Gasteiger partial charge in [-0.2, -0.15) is 0 Å². The van der Waals surface area contributed by atoms with E-state index in [1.807, 2.05) is 12.1 Å². The quantitative estimate of drug-likeness (QED) is 0.133. The molecule has 2 heterocycles. The highest BCUT2D eigenvalue weighted by Gasteiger charge is 2.56. The van der Waals surface area contributed by atoms with Crippen molar-refractivity contribution in [3.05, 3.63) is 93.5 Å². The van der Waals surface area contributed by atoms with Crippen LogP contribution < -0.4 is 20.3 Å². The SMILES string of the molecule is C[C@@H]1[C@@H](Nc2cccc(C=C3CCN(c4ccc(C(=O)NS(=O)(=O)c5ccc(NCC6CCOCC6)c([N+](=O)[O-])c5)cc4)CC3)c2)C[C@H]2C[C@@H]1C2(C)C. The summed E-state index contributed by atoms with van der Waals surface area (Å²) in [6.07, 6.45) is 8.48. The van der Waals surface area contributed by atoms with Gasteiger partial charge in [0, 0.05) is 61.9 Å². The summed E-state index contributed by atoms with van der Waals surface area (Å²) >= 11 is 0. The molecule has 0 unspecified atom stereocenters. The fourth-order valence-electron chi connectivity index (χ4n) is 8.95. The number of rotatable bonds is 11. The normalized spacial score (nSPS) is 24.1. The van der Waals surface area contributed by atoms with Gasteiger partial charge in [0.15, 0.2) is 0 Å². The van der Waals surface area contributed by atoms with Crippen molar-refractivity contribution in [2.75, 3.05) is 48.4 Å². The number of benzene rings is 3. The Morgan fingerprint density at radius 2 is 1.75 bits per heavy atom. The smallest absolute Gasteiger partial charge is 0.293 e. The average Bonchev–Trinajstić information content (AvgIpc) is 3.15. The van der Waals surface area contributed by atoms with Crippen LogP contribution in [0.2, 0.25) is 0 Å². The van der Waals surface area contributed by atoms with Crippen LogP contribution in [0.4, 0.5) is 22.7 Å². The molecule has 4 atom stereocenters. The van der Waals surface area contributed by atoms with Crippen molar-refractivity contribution >= 4 is 44.8 Å². The highest BCUT2D eigenvalue weighted by molar-refractivity contribution is 7.90. The summed E-state index contributed by atoms with van der Waals surface area (Å²) in [6, 6.07) is 19.8. The van der Waals surface area contributed by atoms with E-state index in [0.29, 0.717) is 43.1 Å². The van der Waals surface area contributed by atoms with E-state index in [-0.39, 0.29) is 21.8 Å². The highest BCUT2D eigenvalue weighted by Crippen LogP contribution is 2.61. The van der Waals surface area contributed by atoms with Crippen LogP contribution in [-0.2, 0) is 14.8 Å². The van der Waals surface area contributed by atoms with Crippen molar-refractivity contribution in [3.8, 4) is 0 Å². The second-order valence-electron chi connectivity index (χ2n) is 16.0. The number of carbonyl (C=O) groups excluding carboxylic acids is 1. The van der Waals surface area contributed by atoms with Crippen molar-refractivity contribution in [1.82, 2.24) is 4.72 Å². The number of ether oxygens (including phenoxy) is 1. The first kappa shape index (κ1) is 36.9. The van der Waals surface area contributed by atoms with Gasteiger partial charge in [0.05, 0.1) is 9.82 Å². The van der Waals surface area contributed by atoms with Gasteiger partial charge in [-0.1, -0.05) is 44.6 Å². The second-order valence-corrected chi connectivity index (χ2v) is 17.7. The first-order valence-corrected chi connectivity index (χ1v) is 20.4. The lowest BCUT2D eigenvalue weighted by Crippen LogP contribution is -2.58. The zero-order valence-corrected chi connectivity index (χ0v) is 31.7. The van der Waals surface area contributed by atoms with E-state index >= 15 is 0 Å². The van der Waals surface area contributed by atoms with E-state index < -0.39 is 20.9 Å². The molecule has 1 amide bonds. The third kappa shape index (κ3) is 8.08. The molecule has 12 heteroatoms. The minimum Gasteiger partial charge on any atom is -0.382 e. The summed E-state index contributed by atoms with van der Waals surface area (Å²) in [6.45, 7) is 10.8. The summed E-state index contributed by atoms with van der Waals surface area (Å²) in [5.74, 6) is 1.79. The van der Waals surface area contributed by atoms with Gasteiger partial charge in [0.1, 0.15) is 5.69 Å². The first-order chi connectivity index (χ1) is 25.4. The zero-order valence-electron chi connectivity index (χ0n) is 30.8. The molecule has 282 valence electrons. The lowest BCUT2D eigenvalue weighted by Gasteiger charge is -2.62. The van der Waals surface area contributed by atoms with E-state index in [1.54, 1.807) is 12.1 Å². The number of nitro groups is 1. The number of amides is 1. The van der Waals surface area contributed by atoms with Crippen LogP contribution in [0, 0.1) is 39.2 Å². The molecule has 11 nitrogen and oxygen atoms in total. The zero-order chi connectivity index (χ0) is 37.3. The van der Waals surface area contributed by atoms with Gasteiger partial charge >= 0.3 is 0 Å². The van der Waals surface area contributed by atoms with Crippen molar-refractivity contribution in [2.45, 2.75) is 70.2 Å². The molecule has 5 fully saturated rings. The van der Waals surface area contributed by atoms with Gasteiger partial charge in [0.2, 0.25) is 0 Å². The maximum absolute atomic E-state index is 13.1. The number of hydrogen-bond donors (Lipinski definition) is 3. The Balaban J connectivity index is 0.921. The predicted octanol–water partition coefficient (Wildman–Crippen LogP) is 7.72. The van der Waals surface area contributed by atoms with Crippen LogP contribution in [0.25, 0.3) is 6.08 Å². The van der Waals surface area contributed by atoms with Crippen LogP contribution in [0.15, 0.2) is 77.2 Å². The molecule has 3 aromatic carbocycles. The number of fused-ring (bicyclic) bond motifs is 2. The molecule has 8 rings (SSSR count). The number of nitro benzene ring substituents is 1. The molecular weight excluding hydrogens is 691 g/mol. The number of hydrogen-bond acceptors (Lipinski definition) is 9. The summed E-state index contributed by atoms with van der Waals surface area (Å²) in [4.78, 5) is 26.1. The van der Waals surface area contributed by atoms with Gasteiger partial charge in [-0.05, 0) is 122 Å². The number of anilines is 3. The molecule has 3 N–H and O–H groups in total. The number of carbonyl (C=O) groups is 1. The molecular formula is C41H51N5O6S. The lowest BCUT2D eigenvalue weighted by molar-refractivity contribution is -0.384. The van der Waals surface area contributed by atoms with Crippen molar-refractivity contribution in [1.29, 1.82) is 0 Å². The van der Waals surface area contributed by atoms with Crippen molar-refractivity contribution < 1.29 is 22.9 Å². The Morgan fingerprint density at radius 1 is 1.02 bits per heavy atom. The van der Waals surface area contributed by atoms with Gasteiger partial charge in [0.25, 0.3) is 21.6 Å². The highest BCUT2D eigenvalue weighted by atomic mass is 32.2. The molecule has 0 aromatic heterocycles. The molecule has 3 aliphatic carbocycles. The number of nitrogens with one attached hydrogen (secondary N) is 3. The standard InChI is InChI=1S/C41H51N5O6S/c1-27-36-23-32(41(36,2)3)24-38(27)43-33-6-4-5-30(22-33)21-28-13-17-45(18-14-28)34-9-7-31(8-10-34)40(47)44-53(50,51)35-11-12-37(39(25-35)46(48)49)42-26-29-15-19-52-20-16-29/h4-12,21-22,25,27,29,32,36,38,42-43H,13-20,23-24,26H2,1-3H3,(H,44,47)/t27-,32+,36-,38-/m0/s1. The lowest BCUT2D eigenvalue weighted by atomic mass is 9.45. The van der Waals surface area contributed by atoms with Gasteiger partial charge in [-0.25, -0.2) is 13.1 Å². The van der Waals surface area contributed by atoms with E-state index in [4.69, 9.17) is 4.74 Å². The third-order valence-corrected chi connectivity index (χ3v) is 13.8. The van der Waals surface area contributed by atoms with Gasteiger partial charge < -0.3 is 20.3 Å². The van der Waals surface area contributed by atoms with E-state index in [0.717, 1.165) is 62.4 Å². The Bertz CT molecular complexity index is 1960. The van der Waals surface area contributed by atoms with Crippen LogP contribution in [0.3, 0.4) is 0 Å². The Hall–Kier alpha value is -4.42. The largest absolute Gasteiger partial charge is 0.382 e. The number of nitrogens with zero attached hydrogens (tertiary/aromatic N) is 2. The monoisotopic (exact) mass is 741 g/mol. The summed E-state index contributed by atoms with van der Waals surface area (Å²) < 4.78 is 33.7.